The van der Waals surface area contributed by atoms with Gasteiger partial charge in [-0.3, -0.25) is 4.79 Å². The van der Waals surface area contributed by atoms with E-state index in [-0.39, 0.29) is 12.5 Å². The van der Waals surface area contributed by atoms with E-state index in [0.717, 1.165) is 16.6 Å². The fourth-order valence-electron chi connectivity index (χ4n) is 1.58. The number of benzene rings is 1. The number of nitrogens with one attached hydrogen (secondary N) is 2. The summed E-state index contributed by atoms with van der Waals surface area (Å²) in [6.07, 6.45) is 1.63. The monoisotopic (exact) mass is 230 g/mol. The molecule has 2 aromatic rings. The Morgan fingerprint density at radius 2 is 2.18 bits per heavy atom. The van der Waals surface area contributed by atoms with Gasteiger partial charge in [-0.2, -0.15) is 10.2 Å². The van der Waals surface area contributed by atoms with Gasteiger partial charge in [0.05, 0.1) is 23.9 Å². The molecule has 1 heterocycles. The van der Waals surface area contributed by atoms with Crippen molar-refractivity contribution >= 4 is 22.5 Å². The molecular formula is C12H14N4O. The number of anilines is 1. The molecule has 5 heteroatoms. The summed E-state index contributed by atoms with van der Waals surface area (Å²) in [6, 6.07) is 7.68. The Bertz CT molecular complexity index is 521. The van der Waals surface area contributed by atoms with Crippen molar-refractivity contribution < 1.29 is 4.79 Å². The highest BCUT2D eigenvalue weighted by atomic mass is 16.1. The van der Waals surface area contributed by atoms with Crippen LogP contribution in [0.4, 0.5) is 5.69 Å². The highest BCUT2D eigenvalue weighted by Gasteiger charge is 2.03. The molecule has 0 fully saturated rings. The molecule has 0 saturated heterocycles. The quantitative estimate of drug-likeness (QED) is 0.827. The van der Waals surface area contributed by atoms with E-state index in [1.54, 1.807) is 6.20 Å². The van der Waals surface area contributed by atoms with Gasteiger partial charge in [0.2, 0.25) is 5.91 Å². The molecule has 0 aliphatic rings. The lowest BCUT2D eigenvalue weighted by Crippen LogP contribution is -2.29. The number of rotatable bonds is 4. The third-order valence-electron chi connectivity index (χ3n) is 2.36. The van der Waals surface area contributed by atoms with Crippen LogP contribution in [-0.4, -0.2) is 29.2 Å². The largest absolute Gasteiger partial charge is 0.374 e. The molecule has 0 spiro atoms. The molecule has 0 aliphatic carbocycles. The molecule has 0 unspecified atom stereocenters. The summed E-state index contributed by atoms with van der Waals surface area (Å²) in [6.45, 7) is 2.76. The number of hydrogen-bond acceptors (Lipinski definition) is 4. The van der Waals surface area contributed by atoms with Crippen LogP contribution in [0.15, 0.2) is 30.5 Å². The Hall–Kier alpha value is -2.17. The van der Waals surface area contributed by atoms with Crippen molar-refractivity contribution in [3.05, 3.63) is 30.5 Å². The predicted molar refractivity (Wildman–Crippen MR) is 66.7 cm³/mol. The van der Waals surface area contributed by atoms with Crippen LogP contribution in [0.5, 0.6) is 0 Å². The minimum atomic E-state index is -0.0339. The molecule has 0 saturated carbocycles. The maximum absolute atomic E-state index is 11.3. The summed E-state index contributed by atoms with van der Waals surface area (Å²) in [5, 5.41) is 14.7. The van der Waals surface area contributed by atoms with Crippen LogP contribution in [0.1, 0.15) is 6.92 Å². The maximum atomic E-state index is 11.3. The van der Waals surface area contributed by atoms with E-state index in [4.69, 9.17) is 0 Å². The Morgan fingerprint density at radius 1 is 1.35 bits per heavy atom. The molecule has 17 heavy (non-hydrogen) atoms. The van der Waals surface area contributed by atoms with Gasteiger partial charge < -0.3 is 10.6 Å². The molecule has 88 valence electrons. The van der Waals surface area contributed by atoms with E-state index in [0.29, 0.717) is 6.54 Å². The predicted octanol–water partition coefficient (Wildman–Crippen LogP) is 1.18. The first kappa shape index (κ1) is 11.3. The number of carbonyl (C=O) groups is 1. The average Bonchev–Trinajstić information content (AvgIpc) is 2.36. The third-order valence-corrected chi connectivity index (χ3v) is 2.36. The Morgan fingerprint density at radius 3 is 3.00 bits per heavy atom. The molecule has 0 radical (unpaired) electrons. The lowest BCUT2D eigenvalue weighted by molar-refractivity contribution is -0.119. The molecule has 5 nitrogen and oxygen atoms in total. The number of hydrogen-bond donors (Lipinski definition) is 2. The zero-order chi connectivity index (χ0) is 12.1. The van der Waals surface area contributed by atoms with Gasteiger partial charge in [0.1, 0.15) is 0 Å². The zero-order valence-electron chi connectivity index (χ0n) is 9.60. The highest BCUT2D eigenvalue weighted by Crippen LogP contribution is 2.19. The van der Waals surface area contributed by atoms with Gasteiger partial charge in [0.25, 0.3) is 0 Å². The molecule has 0 bridgehead atoms. The molecule has 2 rings (SSSR count). The van der Waals surface area contributed by atoms with Gasteiger partial charge >= 0.3 is 0 Å². The molecule has 1 amide bonds. The standard InChI is InChI=1S/C12H14N4O/c1-2-13-12(17)8-14-11-7-15-16-10-6-4-3-5-9(10)11/h3-7H,2,8H2,1H3,(H,13,17)(H,14,16). The van der Waals surface area contributed by atoms with Crippen molar-refractivity contribution in [2.45, 2.75) is 6.92 Å². The second-order valence-corrected chi connectivity index (χ2v) is 3.58. The fraction of sp³-hybridized carbons (Fsp3) is 0.250. The van der Waals surface area contributed by atoms with Crippen LogP contribution >= 0.6 is 0 Å². The molecule has 1 aromatic heterocycles. The number of likely N-dealkylation sites (N-methyl/N-ethyl adjacent to an activating group) is 1. The molecular weight excluding hydrogens is 216 g/mol. The zero-order valence-corrected chi connectivity index (χ0v) is 9.60. The van der Waals surface area contributed by atoms with Crippen molar-refractivity contribution in [1.29, 1.82) is 0 Å². The van der Waals surface area contributed by atoms with E-state index >= 15 is 0 Å². The van der Waals surface area contributed by atoms with Crippen LogP contribution in [0.25, 0.3) is 10.9 Å². The topological polar surface area (TPSA) is 66.9 Å². The van der Waals surface area contributed by atoms with E-state index in [1.807, 2.05) is 31.2 Å². The van der Waals surface area contributed by atoms with Crippen LogP contribution in [0.2, 0.25) is 0 Å². The Labute approximate surface area is 99.2 Å². The van der Waals surface area contributed by atoms with Crippen molar-refractivity contribution in [1.82, 2.24) is 15.5 Å². The first-order valence-corrected chi connectivity index (χ1v) is 5.52. The van der Waals surface area contributed by atoms with Crippen molar-refractivity contribution in [3.8, 4) is 0 Å². The van der Waals surface area contributed by atoms with E-state index in [1.165, 1.54) is 0 Å². The van der Waals surface area contributed by atoms with E-state index in [9.17, 15) is 4.79 Å². The Kier molecular flexibility index (Phi) is 3.49. The minimum absolute atomic E-state index is 0.0339. The van der Waals surface area contributed by atoms with Gasteiger partial charge in [-0.15, -0.1) is 0 Å². The third kappa shape index (κ3) is 2.69. The normalized spacial score (nSPS) is 10.2. The number of nitrogens with zero attached hydrogens (tertiary/aromatic N) is 2. The average molecular weight is 230 g/mol. The lowest BCUT2D eigenvalue weighted by atomic mass is 10.2. The number of fused-ring (bicyclic) bond motifs is 1. The van der Waals surface area contributed by atoms with Crippen molar-refractivity contribution in [2.24, 2.45) is 0 Å². The van der Waals surface area contributed by atoms with Gasteiger partial charge in [-0.1, -0.05) is 18.2 Å². The summed E-state index contributed by atoms with van der Waals surface area (Å²) >= 11 is 0. The summed E-state index contributed by atoms with van der Waals surface area (Å²) < 4.78 is 0. The van der Waals surface area contributed by atoms with Gasteiger partial charge in [0, 0.05) is 11.9 Å². The summed E-state index contributed by atoms with van der Waals surface area (Å²) in [5.41, 5.74) is 1.63. The molecule has 2 N–H and O–H groups in total. The number of amides is 1. The maximum Gasteiger partial charge on any atom is 0.239 e. The van der Waals surface area contributed by atoms with Crippen LogP contribution in [0.3, 0.4) is 0 Å². The number of aromatic nitrogens is 2. The van der Waals surface area contributed by atoms with Gasteiger partial charge in [-0.05, 0) is 13.0 Å². The second kappa shape index (κ2) is 5.25. The highest BCUT2D eigenvalue weighted by molar-refractivity contribution is 5.92. The summed E-state index contributed by atoms with van der Waals surface area (Å²) in [5.74, 6) is -0.0339. The summed E-state index contributed by atoms with van der Waals surface area (Å²) in [7, 11) is 0. The summed E-state index contributed by atoms with van der Waals surface area (Å²) in [4.78, 5) is 11.3. The van der Waals surface area contributed by atoms with Gasteiger partial charge in [0.15, 0.2) is 0 Å². The van der Waals surface area contributed by atoms with E-state index in [2.05, 4.69) is 20.8 Å². The van der Waals surface area contributed by atoms with Crippen LogP contribution in [0, 0.1) is 0 Å². The second-order valence-electron chi connectivity index (χ2n) is 3.58. The molecule has 0 atom stereocenters. The van der Waals surface area contributed by atoms with Gasteiger partial charge in [-0.25, -0.2) is 0 Å². The minimum Gasteiger partial charge on any atom is -0.374 e. The smallest absolute Gasteiger partial charge is 0.239 e. The first-order valence-electron chi connectivity index (χ1n) is 5.52. The number of carbonyl (C=O) groups excluding carboxylic acids is 1. The van der Waals surface area contributed by atoms with Crippen molar-refractivity contribution in [3.63, 3.8) is 0 Å². The Balaban J connectivity index is 2.16. The van der Waals surface area contributed by atoms with Crippen molar-refractivity contribution in [2.75, 3.05) is 18.4 Å². The lowest BCUT2D eigenvalue weighted by Gasteiger charge is -2.08. The molecule has 0 aliphatic heterocycles. The van der Waals surface area contributed by atoms with E-state index < -0.39 is 0 Å². The van der Waals surface area contributed by atoms with Crippen LogP contribution in [-0.2, 0) is 4.79 Å². The van der Waals surface area contributed by atoms with Crippen LogP contribution < -0.4 is 10.6 Å². The molecule has 1 aromatic carbocycles. The SMILES string of the molecule is CCNC(=O)CNc1cnnc2ccccc12. The first-order chi connectivity index (χ1) is 8.31. The fourth-order valence-corrected chi connectivity index (χ4v) is 1.58.